The number of benzene rings is 2. The lowest BCUT2D eigenvalue weighted by atomic mass is 10.1. The summed E-state index contributed by atoms with van der Waals surface area (Å²) in [7, 11) is 0. The smallest absolute Gasteiger partial charge is 0.348 e. The van der Waals surface area contributed by atoms with Gasteiger partial charge in [-0.15, -0.1) is 0 Å². The van der Waals surface area contributed by atoms with E-state index >= 15 is 0 Å². The zero-order valence-electron chi connectivity index (χ0n) is 10.8. The summed E-state index contributed by atoms with van der Waals surface area (Å²) in [4.78, 5) is 0. The Balaban J connectivity index is 0.000000255. The quantitative estimate of drug-likeness (QED) is 0.432. The summed E-state index contributed by atoms with van der Waals surface area (Å²) in [5.74, 6) is 0.339. The van der Waals surface area contributed by atoms with Crippen molar-refractivity contribution in [3.05, 3.63) is 59.7 Å². The minimum Gasteiger partial charge on any atom is -0.508 e. The summed E-state index contributed by atoms with van der Waals surface area (Å²) in [6.07, 6.45) is 0. The Morgan fingerprint density at radius 2 is 0.818 bits per heavy atom. The van der Waals surface area contributed by atoms with Gasteiger partial charge in [0, 0.05) is 11.1 Å². The van der Waals surface area contributed by atoms with Gasteiger partial charge in [-0.25, -0.2) is 0 Å². The van der Waals surface area contributed by atoms with Crippen LogP contribution >= 0.6 is 23.2 Å². The Bertz CT molecular complexity index is 536. The number of aromatic hydroxyl groups is 2. The van der Waals surface area contributed by atoms with E-state index < -0.39 is 21.9 Å². The lowest BCUT2D eigenvalue weighted by Crippen LogP contribution is -2.06. The SMILES string of the molecule is FC(F)(Cl)c1ccc(C(F)(F)Cl)cc1.Oc1ccc(O)cc1. The topological polar surface area (TPSA) is 40.5 Å². The number of phenolic OH excluding ortho intramolecular Hbond substituents is 2. The Morgan fingerprint density at radius 1 is 0.591 bits per heavy atom. The van der Waals surface area contributed by atoms with Gasteiger partial charge in [0.1, 0.15) is 11.5 Å². The molecule has 120 valence electrons. The molecule has 0 saturated heterocycles. The Kier molecular flexibility index (Phi) is 5.91. The summed E-state index contributed by atoms with van der Waals surface area (Å²) in [5.41, 5.74) is -1.10. The molecule has 2 rings (SSSR count). The Hall–Kier alpha value is -1.66. The van der Waals surface area contributed by atoms with Gasteiger partial charge in [-0.1, -0.05) is 24.3 Å². The molecule has 0 aliphatic heterocycles. The first-order chi connectivity index (χ1) is 10.00. The molecule has 2 nitrogen and oxygen atoms in total. The highest BCUT2D eigenvalue weighted by molar-refractivity contribution is 6.22. The second-order valence-corrected chi connectivity index (χ2v) is 5.04. The fourth-order valence-corrected chi connectivity index (χ4v) is 1.55. The monoisotopic (exact) mass is 356 g/mol. The highest BCUT2D eigenvalue weighted by Gasteiger charge is 2.31. The van der Waals surface area contributed by atoms with Crippen LogP contribution in [0.3, 0.4) is 0 Å². The molecule has 0 spiro atoms. The minimum atomic E-state index is -3.56. The number of alkyl halides is 6. The van der Waals surface area contributed by atoms with E-state index in [0.717, 1.165) is 24.3 Å². The van der Waals surface area contributed by atoms with Gasteiger partial charge in [-0.05, 0) is 47.5 Å². The molecule has 0 amide bonds. The Labute approximate surface area is 133 Å². The summed E-state index contributed by atoms with van der Waals surface area (Å²) in [6.45, 7) is 0. The normalized spacial score (nSPS) is 11.5. The van der Waals surface area contributed by atoms with E-state index in [4.69, 9.17) is 10.2 Å². The van der Waals surface area contributed by atoms with Crippen molar-refractivity contribution in [2.75, 3.05) is 0 Å². The van der Waals surface area contributed by atoms with Crippen LogP contribution in [0.15, 0.2) is 48.5 Å². The van der Waals surface area contributed by atoms with Crippen LogP contribution < -0.4 is 0 Å². The van der Waals surface area contributed by atoms with E-state index in [0.29, 0.717) is 0 Å². The van der Waals surface area contributed by atoms with E-state index in [2.05, 4.69) is 23.2 Å². The molecule has 0 radical (unpaired) electrons. The third-order valence-corrected chi connectivity index (χ3v) is 2.83. The van der Waals surface area contributed by atoms with Crippen LogP contribution in [0.1, 0.15) is 11.1 Å². The van der Waals surface area contributed by atoms with E-state index in [1.54, 1.807) is 0 Å². The van der Waals surface area contributed by atoms with Crippen molar-refractivity contribution in [2.45, 2.75) is 10.8 Å². The third-order valence-electron chi connectivity index (χ3n) is 2.39. The molecule has 0 heterocycles. The maximum absolute atomic E-state index is 12.4. The molecule has 8 heteroatoms. The van der Waals surface area contributed by atoms with Crippen molar-refractivity contribution in [1.29, 1.82) is 0 Å². The number of hydrogen-bond acceptors (Lipinski definition) is 2. The van der Waals surface area contributed by atoms with Gasteiger partial charge >= 0.3 is 10.8 Å². The van der Waals surface area contributed by atoms with E-state index in [1.807, 2.05) is 0 Å². The van der Waals surface area contributed by atoms with E-state index in [1.165, 1.54) is 24.3 Å². The van der Waals surface area contributed by atoms with Crippen molar-refractivity contribution in [2.24, 2.45) is 0 Å². The summed E-state index contributed by atoms with van der Waals surface area (Å²) in [5, 5.41) is 10.2. The maximum Gasteiger partial charge on any atom is 0.348 e. The minimum absolute atomic E-state index is 0.169. The predicted molar refractivity (Wildman–Crippen MR) is 75.7 cm³/mol. The number of rotatable bonds is 2. The van der Waals surface area contributed by atoms with Crippen molar-refractivity contribution >= 4 is 23.2 Å². The van der Waals surface area contributed by atoms with Gasteiger partial charge in [0.15, 0.2) is 0 Å². The molecule has 0 saturated carbocycles. The van der Waals surface area contributed by atoms with Crippen LogP contribution in [0.25, 0.3) is 0 Å². The molecule has 0 unspecified atom stereocenters. The number of phenols is 2. The molecule has 0 bridgehead atoms. The third kappa shape index (κ3) is 5.99. The van der Waals surface area contributed by atoms with Crippen LogP contribution in [-0.2, 0) is 10.8 Å². The summed E-state index contributed by atoms with van der Waals surface area (Å²) in [6, 6.07) is 8.92. The molecule has 0 aliphatic rings. The first-order valence-corrected chi connectivity index (χ1v) is 6.48. The fourth-order valence-electron chi connectivity index (χ4n) is 1.30. The van der Waals surface area contributed by atoms with Crippen molar-refractivity contribution in [1.82, 2.24) is 0 Å². The van der Waals surface area contributed by atoms with E-state index in [-0.39, 0.29) is 11.5 Å². The molecule has 2 N–H and O–H groups in total. The van der Waals surface area contributed by atoms with Crippen molar-refractivity contribution < 1.29 is 27.8 Å². The van der Waals surface area contributed by atoms with Gasteiger partial charge in [0.25, 0.3) is 0 Å². The summed E-state index contributed by atoms with van der Waals surface area (Å²) >= 11 is 9.34. The first-order valence-electron chi connectivity index (χ1n) is 5.72. The maximum atomic E-state index is 12.4. The van der Waals surface area contributed by atoms with Crippen LogP contribution in [0.2, 0.25) is 0 Å². The fraction of sp³-hybridized carbons (Fsp3) is 0.143. The average molecular weight is 357 g/mol. The standard InChI is InChI=1S/C8H4Cl2F4.C6H6O2/c9-7(11,12)5-1-2-6(4-3-5)8(10,13)14;7-5-1-2-6(8)4-3-5/h1-4H;1-4,7-8H. The Morgan fingerprint density at radius 3 is 1.00 bits per heavy atom. The lowest BCUT2D eigenvalue weighted by molar-refractivity contribution is 0.0906. The number of hydrogen-bond donors (Lipinski definition) is 2. The van der Waals surface area contributed by atoms with Gasteiger partial charge in [-0.3, -0.25) is 0 Å². The van der Waals surface area contributed by atoms with Gasteiger partial charge in [0.05, 0.1) is 0 Å². The lowest BCUT2D eigenvalue weighted by Gasteiger charge is -2.11. The second kappa shape index (κ2) is 7.07. The van der Waals surface area contributed by atoms with Crippen LogP contribution in [0, 0.1) is 0 Å². The number of halogens is 6. The van der Waals surface area contributed by atoms with Crippen molar-refractivity contribution in [3.8, 4) is 11.5 Å². The van der Waals surface area contributed by atoms with Gasteiger partial charge in [0.2, 0.25) is 0 Å². The zero-order valence-corrected chi connectivity index (χ0v) is 12.3. The van der Waals surface area contributed by atoms with Gasteiger partial charge < -0.3 is 10.2 Å². The molecular weight excluding hydrogens is 347 g/mol. The first kappa shape index (κ1) is 18.4. The highest BCUT2D eigenvalue weighted by atomic mass is 35.5. The van der Waals surface area contributed by atoms with Crippen LogP contribution in [0.5, 0.6) is 11.5 Å². The molecule has 2 aromatic rings. The molecule has 0 atom stereocenters. The van der Waals surface area contributed by atoms with Gasteiger partial charge in [-0.2, -0.15) is 17.6 Å². The molecule has 0 fully saturated rings. The van der Waals surface area contributed by atoms with Crippen molar-refractivity contribution in [3.63, 3.8) is 0 Å². The molecule has 22 heavy (non-hydrogen) atoms. The molecular formula is C14H10Cl2F4O2. The molecule has 2 aromatic carbocycles. The van der Waals surface area contributed by atoms with E-state index in [9.17, 15) is 17.6 Å². The second-order valence-electron chi connectivity index (χ2n) is 4.09. The largest absolute Gasteiger partial charge is 0.508 e. The molecule has 0 aliphatic carbocycles. The summed E-state index contributed by atoms with van der Waals surface area (Å²) < 4.78 is 49.7. The van der Waals surface area contributed by atoms with Crippen LogP contribution in [0.4, 0.5) is 17.6 Å². The average Bonchev–Trinajstić information content (AvgIpc) is 2.41. The molecule has 0 aromatic heterocycles. The predicted octanol–water partition coefficient (Wildman–Crippen LogP) is 5.36. The van der Waals surface area contributed by atoms with Crippen LogP contribution in [-0.4, -0.2) is 10.2 Å². The zero-order chi connectivity index (χ0) is 17.0. The highest BCUT2D eigenvalue weighted by Crippen LogP contribution is 2.36.